The van der Waals surface area contributed by atoms with Crippen LogP contribution in [0.3, 0.4) is 0 Å². The molecule has 0 spiro atoms. The standard InChI is InChI=1S/C13H27NO2/c1-6-10-14-13(5,9-8-11(3)4)12(15)16-7-2/h11,14H,6-10H2,1-5H3. The highest BCUT2D eigenvalue weighted by atomic mass is 16.5. The summed E-state index contributed by atoms with van der Waals surface area (Å²) in [6, 6.07) is 0. The molecular weight excluding hydrogens is 202 g/mol. The molecule has 0 aliphatic heterocycles. The van der Waals surface area contributed by atoms with Crippen LogP contribution in [-0.2, 0) is 9.53 Å². The maximum atomic E-state index is 11.9. The SMILES string of the molecule is CCCNC(C)(CCC(C)C)C(=O)OCC. The number of esters is 1. The van der Waals surface area contributed by atoms with Crippen molar-refractivity contribution in [1.82, 2.24) is 5.32 Å². The van der Waals surface area contributed by atoms with Crippen molar-refractivity contribution in [3.05, 3.63) is 0 Å². The molecule has 0 amide bonds. The molecule has 0 saturated heterocycles. The van der Waals surface area contributed by atoms with E-state index in [9.17, 15) is 4.79 Å². The fourth-order valence-corrected chi connectivity index (χ4v) is 1.53. The van der Waals surface area contributed by atoms with Crippen molar-refractivity contribution in [1.29, 1.82) is 0 Å². The summed E-state index contributed by atoms with van der Waals surface area (Å²) in [5.41, 5.74) is -0.518. The lowest BCUT2D eigenvalue weighted by atomic mass is 9.92. The average molecular weight is 229 g/mol. The molecule has 96 valence electrons. The number of carbonyl (C=O) groups is 1. The molecule has 3 nitrogen and oxygen atoms in total. The molecule has 0 fully saturated rings. The minimum atomic E-state index is -0.518. The molecule has 0 bridgehead atoms. The third kappa shape index (κ3) is 5.50. The van der Waals surface area contributed by atoms with Gasteiger partial charge in [-0.15, -0.1) is 0 Å². The van der Waals surface area contributed by atoms with Gasteiger partial charge < -0.3 is 10.1 Å². The molecule has 0 aromatic rings. The van der Waals surface area contributed by atoms with Crippen molar-refractivity contribution in [3.63, 3.8) is 0 Å². The first-order chi connectivity index (χ1) is 7.46. The molecule has 16 heavy (non-hydrogen) atoms. The van der Waals surface area contributed by atoms with Crippen LogP contribution in [0.1, 0.15) is 53.9 Å². The van der Waals surface area contributed by atoms with Crippen LogP contribution in [-0.4, -0.2) is 24.7 Å². The van der Waals surface area contributed by atoms with E-state index in [0.717, 1.165) is 25.8 Å². The van der Waals surface area contributed by atoms with Crippen molar-refractivity contribution in [2.75, 3.05) is 13.2 Å². The van der Waals surface area contributed by atoms with Crippen molar-refractivity contribution in [2.45, 2.75) is 59.4 Å². The summed E-state index contributed by atoms with van der Waals surface area (Å²) >= 11 is 0. The molecule has 1 atom stereocenters. The quantitative estimate of drug-likeness (QED) is 0.650. The first kappa shape index (κ1) is 15.4. The summed E-state index contributed by atoms with van der Waals surface area (Å²) in [5, 5.41) is 3.31. The molecule has 0 saturated carbocycles. The highest BCUT2D eigenvalue weighted by Gasteiger charge is 2.33. The highest BCUT2D eigenvalue weighted by Crippen LogP contribution is 2.18. The molecular formula is C13H27NO2. The third-order valence-corrected chi connectivity index (χ3v) is 2.71. The number of rotatable bonds is 8. The van der Waals surface area contributed by atoms with Crippen LogP contribution >= 0.6 is 0 Å². The van der Waals surface area contributed by atoms with Crippen LogP contribution in [0.2, 0.25) is 0 Å². The number of ether oxygens (including phenoxy) is 1. The fraction of sp³-hybridized carbons (Fsp3) is 0.923. The summed E-state index contributed by atoms with van der Waals surface area (Å²) in [4.78, 5) is 11.9. The molecule has 0 aromatic carbocycles. The maximum absolute atomic E-state index is 11.9. The van der Waals surface area contributed by atoms with Gasteiger partial charge in [0.15, 0.2) is 0 Å². The summed E-state index contributed by atoms with van der Waals surface area (Å²) in [6.07, 6.45) is 2.90. The van der Waals surface area contributed by atoms with E-state index in [1.807, 2.05) is 13.8 Å². The Balaban J connectivity index is 4.40. The third-order valence-electron chi connectivity index (χ3n) is 2.71. The number of hydrogen-bond acceptors (Lipinski definition) is 3. The van der Waals surface area contributed by atoms with Crippen LogP contribution in [0, 0.1) is 5.92 Å². The van der Waals surface area contributed by atoms with Crippen molar-refractivity contribution >= 4 is 5.97 Å². The number of carbonyl (C=O) groups excluding carboxylic acids is 1. The average Bonchev–Trinajstić information content (AvgIpc) is 2.24. The molecule has 0 aliphatic carbocycles. The van der Waals surface area contributed by atoms with Gasteiger partial charge in [-0.25, -0.2) is 0 Å². The van der Waals surface area contributed by atoms with Crippen LogP contribution in [0.4, 0.5) is 0 Å². The minimum absolute atomic E-state index is 0.121. The summed E-state index contributed by atoms with van der Waals surface area (Å²) in [6.45, 7) is 11.5. The number of hydrogen-bond donors (Lipinski definition) is 1. The Hall–Kier alpha value is -0.570. The van der Waals surface area contributed by atoms with Gasteiger partial charge >= 0.3 is 5.97 Å². The van der Waals surface area contributed by atoms with E-state index in [0.29, 0.717) is 12.5 Å². The predicted molar refractivity (Wildman–Crippen MR) is 67.4 cm³/mol. The Kier molecular flexibility index (Phi) is 7.39. The first-order valence-electron chi connectivity index (χ1n) is 6.38. The molecule has 3 heteroatoms. The van der Waals surface area contributed by atoms with Gasteiger partial charge in [0.25, 0.3) is 0 Å². The van der Waals surface area contributed by atoms with Gasteiger partial charge in [0.2, 0.25) is 0 Å². The van der Waals surface area contributed by atoms with E-state index >= 15 is 0 Å². The van der Waals surface area contributed by atoms with Crippen molar-refractivity contribution in [2.24, 2.45) is 5.92 Å². The Morgan fingerprint density at radius 1 is 1.38 bits per heavy atom. The lowest BCUT2D eigenvalue weighted by molar-refractivity contribution is -0.151. The van der Waals surface area contributed by atoms with Gasteiger partial charge in [-0.05, 0) is 45.6 Å². The zero-order valence-electron chi connectivity index (χ0n) is 11.4. The maximum Gasteiger partial charge on any atom is 0.326 e. The van der Waals surface area contributed by atoms with Crippen LogP contribution in [0.5, 0.6) is 0 Å². The molecule has 0 radical (unpaired) electrons. The Labute approximate surface area is 99.9 Å². The predicted octanol–water partition coefficient (Wildman–Crippen LogP) is 2.74. The molecule has 1 unspecified atom stereocenters. The van der Waals surface area contributed by atoms with E-state index in [1.165, 1.54) is 0 Å². The van der Waals surface area contributed by atoms with Gasteiger partial charge in [-0.1, -0.05) is 20.8 Å². The monoisotopic (exact) mass is 229 g/mol. The topological polar surface area (TPSA) is 38.3 Å². The van der Waals surface area contributed by atoms with Gasteiger partial charge in [-0.3, -0.25) is 4.79 Å². The zero-order chi connectivity index (χ0) is 12.6. The van der Waals surface area contributed by atoms with Crippen molar-refractivity contribution in [3.8, 4) is 0 Å². The van der Waals surface area contributed by atoms with E-state index in [1.54, 1.807) is 0 Å². The van der Waals surface area contributed by atoms with Gasteiger partial charge in [0, 0.05) is 0 Å². The Morgan fingerprint density at radius 3 is 2.44 bits per heavy atom. The first-order valence-corrected chi connectivity index (χ1v) is 6.38. The van der Waals surface area contributed by atoms with Gasteiger partial charge in [0.1, 0.15) is 5.54 Å². The van der Waals surface area contributed by atoms with Crippen LogP contribution in [0.15, 0.2) is 0 Å². The van der Waals surface area contributed by atoms with Gasteiger partial charge in [-0.2, -0.15) is 0 Å². The zero-order valence-corrected chi connectivity index (χ0v) is 11.4. The van der Waals surface area contributed by atoms with Crippen LogP contribution < -0.4 is 5.32 Å². The molecule has 0 heterocycles. The second-order valence-electron chi connectivity index (χ2n) is 4.91. The lowest BCUT2D eigenvalue weighted by Gasteiger charge is -2.29. The summed E-state index contributed by atoms with van der Waals surface area (Å²) in [5.74, 6) is 0.487. The highest BCUT2D eigenvalue weighted by molar-refractivity contribution is 5.80. The summed E-state index contributed by atoms with van der Waals surface area (Å²) in [7, 11) is 0. The lowest BCUT2D eigenvalue weighted by Crippen LogP contribution is -2.50. The second-order valence-corrected chi connectivity index (χ2v) is 4.91. The number of nitrogens with one attached hydrogen (secondary N) is 1. The van der Waals surface area contributed by atoms with E-state index in [4.69, 9.17) is 4.74 Å². The Morgan fingerprint density at radius 2 is 2.00 bits per heavy atom. The molecule has 1 N–H and O–H groups in total. The molecule has 0 aromatic heterocycles. The molecule has 0 aliphatic rings. The largest absolute Gasteiger partial charge is 0.465 e. The fourth-order valence-electron chi connectivity index (χ4n) is 1.53. The van der Waals surface area contributed by atoms with Crippen molar-refractivity contribution < 1.29 is 9.53 Å². The van der Waals surface area contributed by atoms with Gasteiger partial charge in [0.05, 0.1) is 6.61 Å². The van der Waals surface area contributed by atoms with E-state index in [-0.39, 0.29) is 5.97 Å². The van der Waals surface area contributed by atoms with Crippen LogP contribution in [0.25, 0.3) is 0 Å². The minimum Gasteiger partial charge on any atom is -0.465 e. The molecule has 0 rings (SSSR count). The second kappa shape index (κ2) is 7.66. The van der Waals surface area contributed by atoms with E-state index in [2.05, 4.69) is 26.1 Å². The normalized spacial score (nSPS) is 14.9. The Bertz CT molecular complexity index is 204. The smallest absolute Gasteiger partial charge is 0.326 e. The summed E-state index contributed by atoms with van der Waals surface area (Å²) < 4.78 is 5.13. The van der Waals surface area contributed by atoms with E-state index < -0.39 is 5.54 Å².